The highest BCUT2D eigenvalue weighted by Gasteiger charge is 2.15. The number of thiophene rings is 2. The average molecular weight is 398 g/mol. The van der Waals surface area contributed by atoms with Crippen LogP contribution >= 0.6 is 45.9 Å². The minimum absolute atomic E-state index is 0.282. The van der Waals surface area contributed by atoms with Crippen LogP contribution in [0.2, 0.25) is 10.0 Å². The summed E-state index contributed by atoms with van der Waals surface area (Å²) in [6.07, 6.45) is -0.631. The van der Waals surface area contributed by atoms with Crippen LogP contribution in [-0.2, 0) is 6.54 Å². The van der Waals surface area contributed by atoms with Crippen LogP contribution < -0.4 is 5.32 Å². The van der Waals surface area contributed by atoms with Gasteiger partial charge in [0.2, 0.25) is 0 Å². The van der Waals surface area contributed by atoms with E-state index in [-0.39, 0.29) is 5.91 Å². The third-order valence-electron chi connectivity index (χ3n) is 3.41. The SMILES string of the molecule is O=C(NCc1ccc(C(O)c2ccsc2)s1)c1cc(Cl)ccc1Cl. The summed E-state index contributed by atoms with van der Waals surface area (Å²) in [6.45, 7) is 0.364. The van der Waals surface area contributed by atoms with Crippen LogP contribution in [-0.4, -0.2) is 11.0 Å². The highest BCUT2D eigenvalue weighted by Crippen LogP contribution is 2.29. The lowest BCUT2D eigenvalue weighted by atomic mass is 10.2. The Kier molecular flexibility index (Phi) is 5.58. The molecule has 0 radical (unpaired) electrons. The van der Waals surface area contributed by atoms with Gasteiger partial charge in [-0.3, -0.25) is 4.79 Å². The number of nitrogens with one attached hydrogen (secondary N) is 1. The molecule has 3 nitrogen and oxygen atoms in total. The first-order chi connectivity index (χ1) is 11.5. The van der Waals surface area contributed by atoms with Crippen molar-refractivity contribution < 1.29 is 9.90 Å². The molecule has 124 valence electrons. The molecule has 0 aliphatic heterocycles. The summed E-state index contributed by atoms with van der Waals surface area (Å²) >= 11 is 14.9. The van der Waals surface area contributed by atoms with Gasteiger partial charge in [-0.25, -0.2) is 0 Å². The fourth-order valence-corrected chi connectivity index (χ4v) is 4.19. The zero-order valence-corrected chi connectivity index (χ0v) is 15.5. The van der Waals surface area contributed by atoms with E-state index < -0.39 is 6.10 Å². The number of rotatable bonds is 5. The first kappa shape index (κ1) is 17.5. The topological polar surface area (TPSA) is 49.3 Å². The second-order valence-corrected chi connectivity index (χ2v) is 7.89. The minimum Gasteiger partial charge on any atom is -0.383 e. The molecule has 0 saturated heterocycles. The molecule has 0 bridgehead atoms. The molecule has 7 heteroatoms. The van der Waals surface area contributed by atoms with E-state index in [9.17, 15) is 9.90 Å². The maximum absolute atomic E-state index is 12.2. The monoisotopic (exact) mass is 397 g/mol. The van der Waals surface area contributed by atoms with Crippen molar-refractivity contribution in [3.8, 4) is 0 Å². The molecular formula is C17H13Cl2NO2S2. The summed E-state index contributed by atoms with van der Waals surface area (Å²) in [4.78, 5) is 14.0. The van der Waals surface area contributed by atoms with Crippen molar-refractivity contribution in [2.75, 3.05) is 0 Å². The quantitative estimate of drug-likeness (QED) is 0.626. The van der Waals surface area contributed by atoms with Gasteiger partial charge in [0.1, 0.15) is 6.10 Å². The summed E-state index contributed by atoms with van der Waals surface area (Å²) in [7, 11) is 0. The lowest BCUT2D eigenvalue weighted by Gasteiger charge is -2.07. The number of carbonyl (C=O) groups excluding carboxylic acids is 1. The van der Waals surface area contributed by atoms with Gasteiger partial charge in [-0.2, -0.15) is 11.3 Å². The predicted molar refractivity (Wildman–Crippen MR) is 100 cm³/mol. The fourth-order valence-electron chi connectivity index (χ4n) is 2.17. The van der Waals surface area contributed by atoms with Gasteiger partial charge >= 0.3 is 0 Å². The summed E-state index contributed by atoms with van der Waals surface area (Å²) in [5, 5.41) is 17.8. The number of benzene rings is 1. The molecule has 1 aromatic carbocycles. The van der Waals surface area contributed by atoms with Crippen LogP contribution in [0, 0.1) is 0 Å². The third kappa shape index (κ3) is 3.99. The Labute approximate surface area is 157 Å². The van der Waals surface area contributed by atoms with Crippen molar-refractivity contribution in [1.82, 2.24) is 5.32 Å². The van der Waals surface area contributed by atoms with Crippen molar-refractivity contribution in [2.45, 2.75) is 12.6 Å². The van der Waals surface area contributed by atoms with Crippen molar-refractivity contribution in [1.29, 1.82) is 0 Å². The molecule has 0 aliphatic carbocycles. The van der Waals surface area contributed by atoms with E-state index in [0.29, 0.717) is 22.2 Å². The smallest absolute Gasteiger partial charge is 0.253 e. The molecule has 3 rings (SSSR count). The van der Waals surface area contributed by atoms with Gasteiger partial charge in [0.25, 0.3) is 5.91 Å². The van der Waals surface area contributed by atoms with Crippen LogP contribution in [0.5, 0.6) is 0 Å². The first-order valence-electron chi connectivity index (χ1n) is 7.06. The molecule has 2 N–H and O–H groups in total. The number of amides is 1. The lowest BCUT2D eigenvalue weighted by Crippen LogP contribution is -2.22. The molecular weight excluding hydrogens is 385 g/mol. The number of aliphatic hydroxyl groups is 1. The van der Waals surface area contributed by atoms with Gasteiger partial charge < -0.3 is 10.4 Å². The number of halogens is 2. The van der Waals surface area contributed by atoms with Gasteiger partial charge in [-0.1, -0.05) is 23.2 Å². The molecule has 1 unspecified atom stereocenters. The highest BCUT2D eigenvalue weighted by molar-refractivity contribution is 7.12. The van der Waals surface area contributed by atoms with Crippen LogP contribution in [0.25, 0.3) is 0 Å². The van der Waals surface area contributed by atoms with Gasteiger partial charge in [-0.15, -0.1) is 11.3 Å². The minimum atomic E-state index is -0.631. The van der Waals surface area contributed by atoms with E-state index in [4.69, 9.17) is 23.2 Å². The average Bonchev–Trinajstić information content (AvgIpc) is 3.26. The molecule has 2 heterocycles. The van der Waals surface area contributed by atoms with E-state index >= 15 is 0 Å². The lowest BCUT2D eigenvalue weighted by molar-refractivity contribution is 0.0951. The van der Waals surface area contributed by atoms with E-state index in [1.165, 1.54) is 11.3 Å². The Morgan fingerprint density at radius 1 is 1.21 bits per heavy atom. The Balaban J connectivity index is 1.65. The standard InChI is InChI=1S/C17H13Cl2NO2S2/c18-11-1-3-14(19)13(7-11)17(22)20-8-12-2-4-15(24-12)16(21)10-5-6-23-9-10/h1-7,9,16,21H,8H2,(H,20,22). The number of aliphatic hydroxyl groups excluding tert-OH is 1. The summed E-state index contributed by atoms with van der Waals surface area (Å²) in [5.41, 5.74) is 1.22. The van der Waals surface area contributed by atoms with Crippen molar-refractivity contribution in [2.24, 2.45) is 0 Å². The predicted octanol–water partition coefficient (Wildman–Crippen LogP) is 5.13. The summed E-state index contributed by atoms with van der Waals surface area (Å²) < 4.78 is 0. The van der Waals surface area contributed by atoms with Crippen LogP contribution in [0.1, 0.15) is 31.8 Å². The first-order valence-corrected chi connectivity index (χ1v) is 9.58. The zero-order valence-electron chi connectivity index (χ0n) is 12.3. The van der Waals surface area contributed by atoms with Crippen molar-refractivity contribution >= 4 is 51.8 Å². The molecule has 1 amide bonds. The molecule has 0 fully saturated rings. The van der Waals surface area contributed by atoms with Crippen LogP contribution in [0.3, 0.4) is 0 Å². The summed E-state index contributed by atoms with van der Waals surface area (Å²) in [6, 6.07) is 10.4. The molecule has 0 saturated carbocycles. The Morgan fingerprint density at radius 2 is 2.04 bits per heavy atom. The molecule has 3 aromatic rings. The Hall–Kier alpha value is -1.37. The number of carbonyl (C=O) groups is 1. The van der Waals surface area contributed by atoms with E-state index in [2.05, 4.69) is 5.32 Å². The van der Waals surface area contributed by atoms with Crippen LogP contribution in [0.4, 0.5) is 0 Å². The molecule has 1 atom stereocenters. The second-order valence-electron chi connectivity index (χ2n) is 5.07. The maximum Gasteiger partial charge on any atom is 0.253 e. The molecule has 2 aromatic heterocycles. The van der Waals surface area contributed by atoms with Gasteiger partial charge in [0.05, 0.1) is 17.1 Å². The summed E-state index contributed by atoms with van der Waals surface area (Å²) in [5.74, 6) is -0.282. The molecule has 0 aliphatic rings. The van der Waals surface area contributed by atoms with Gasteiger partial charge in [0, 0.05) is 14.8 Å². The third-order valence-corrected chi connectivity index (χ3v) is 5.81. The molecule has 24 heavy (non-hydrogen) atoms. The van der Waals surface area contributed by atoms with Gasteiger partial charge in [-0.05, 0) is 52.7 Å². The van der Waals surface area contributed by atoms with Crippen LogP contribution in [0.15, 0.2) is 47.2 Å². The Morgan fingerprint density at radius 3 is 2.79 bits per heavy atom. The molecule has 0 spiro atoms. The largest absolute Gasteiger partial charge is 0.383 e. The van der Waals surface area contributed by atoms with E-state index in [1.807, 2.05) is 29.0 Å². The van der Waals surface area contributed by atoms with Crippen molar-refractivity contribution in [3.63, 3.8) is 0 Å². The Bertz CT molecular complexity index is 846. The number of hydrogen-bond acceptors (Lipinski definition) is 4. The van der Waals surface area contributed by atoms with Gasteiger partial charge in [0.15, 0.2) is 0 Å². The highest BCUT2D eigenvalue weighted by atomic mass is 35.5. The van der Waals surface area contributed by atoms with E-state index in [0.717, 1.165) is 15.3 Å². The maximum atomic E-state index is 12.2. The normalized spacial score (nSPS) is 12.1. The van der Waals surface area contributed by atoms with Crippen molar-refractivity contribution in [3.05, 3.63) is 78.1 Å². The zero-order chi connectivity index (χ0) is 17.1. The fraction of sp³-hybridized carbons (Fsp3) is 0.118. The number of hydrogen-bond donors (Lipinski definition) is 2. The second kappa shape index (κ2) is 7.68. The van der Waals surface area contributed by atoms with E-state index in [1.54, 1.807) is 29.5 Å².